The van der Waals surface area contributed by atoms with E-state index in [1.807, 2.05) is 6.08 Å². The molecule has 5 heteroatoms. The summed E-state index contributed by atoms with van der Waals surface area (Å²) in [7, 11) is 1.49. The number of nitrogens with one attached hydrogen (secondary N) is 1. The van der Waals surface area contributed by atoms with Crippen molar-refractivity contribution in [3.63, 3.8) is 0 Å². The van der Waals surface area contributed by atoms with Crippen LogP contribution in [0.4, 0.5) is 4.39 Å². The van der Waals surface area contributed by atoms with E-state index in [1.165, 1.54) is 13.2 Å². The van der Waals surface area contributed by atoms with E-state index in [0.29, 0.717) is 18.1 Å². The van der Waals surface area contributed by atoms with Gasteiger partial charge in [0.2, 0.25) is 5.91 Å². The van der Waals surface area contributed by atoms with Crippen molar-refractivity contribution in [2.75, 3.05) is 13.8 Å². The second-order valence-electron chi connectivity index (χ2n) is 6.27. The van der Waals surface area contributed by atoms with Gasteiger partial charge in [0.05, 0.1) is 20.2 Å². The lowest BCUT2D eigenvalue weighted by Crippen LogP contribution is -2.38. The average Bonchev–Trinajstić information content (AvgIpc) is 2.58. The molecule has 0 atom stereocenters. The number of ether oxygens (including phenoxy) is 1. The standard InChI is InChI=1S/C19H26FNO3/c1-24-18-12-15(7-10-17(18)22)13-19(23)21-16-8-5-14(6-9-16)4-2-3-11-20/h2,4,7,10,12,14,16,22H,3,5-6,8-9,11,13H2,1H3,(H,21,23)/b4-2+/t14-,16-. The lowest BCUT2D eigenvalue weighted by atomic mass is 9.85. The summed E-state index contributed by atoms with van der Waals surface area (Å²) in [6.45, 7) is -0.302. The van der Waals surface area contributed by atoms with Gasteiger partial charge >= 0.3 is 0 Å². The molecule has 0 saturated heterocycles. The van der Waals surface area contributed by atoms with Crippen molar-refractivity contribution in [3.8, 4) is 11.5 Å². The Kier molecular flexibility index (Phi) is 7.09. The normalized spacial score (nSPS) is 20.9. The molecule has 1 fully saturated rings. The Bertz CT molecular complexity index is 566. The molecule has 2 rings (SSSR count). The zero-order valence-electron chi connectivity index (χ0n) is 14.1. The predicted molar refractivity (Wildman–Crippen MR) is 92.0 cm³/mol. The minimum atomic E-state index is -0.302. The summed E-state index contributed by atoms with van der Waals surface area (Å²) < 4.78 is 17.1. The Morgan fingerprint density at radius 2 is 2.12 bits per heavy atom. The second kappa shape index (κ2) is 9.30. The highest BCUT2D eigenvalue weighted by Gasteiger charge is 2.21. The van der Waals surface area contributed by atoms with Gasteiger partial charge in [-0.05, 0) is 55.7 Å². The number of methoxy groups -OCH3 is 1. The van der Waals surface area contributed by atoms with Crippen LogP contribution in [-0.2, 0) is 11.2 Å². The third-order valence-corrected chi connectivity index (χ3v) is 4.43. The molecule has 1 aromatic carbocycles. The van der Waals surface area contributed by atoms with E-state index < -0.39 is 0 Å². The third kappa shape index (κ3) is 5.55. The molecule has 0 bridgehead atoms. The Balaban J connectivity index is 1.77. The highest BCUT2D eigenvalue weighted by Crippen LogP contribution is 2.27. The van der Waals surface area contributed by atoms with Gasteiger partial charge in [-0.3, -0.25) is 9.18 Å². The molecule has 1 aliphatic carbocycles. The Labute approximate surface area is 142 Å². The van der Waals surface area contributed by atoms with Crippen molar-refractivity contribution in [1.82, 2.24) is 5.32 Å². The molecule has 0 unspecified atom stereocenters. The van der Waals surface area contributed by atoms with Crippen LogP contribution in [0.3, 0.4) is 0 Å². The van der Waals surface area contributed by atoms with Crippen LogP contribution in [0, 0.1) is 5.92 Å². The molecule has 0 aliphatic heterocycles. The lowest BCUT2D eigenvalue weighted by Gasteiger charge is -2.27. The number of amides is 1. The predicted octanol–water partition coefficient (Wildman–Crippen LogP) is 3.53. The molecule has 0 heterocycles. The van der Waals surface area contributed by atoms with Crippen LogP contribution >= 0.6 is 0 Å². The van der Waals surface area contributed by atoms with Crippen molar-refractivity contribution < 1.29 is 19.0 Å². The van der Waals surface area contributed by atoms with Crippen molar-refractivity contribution in [2.24, 2.45) is 5.92 Å². The maximum atomic E-state index is 12.2. The zero-order valence-corrected chi connectivity index (χ0v) is 14.1. The van der Waals surface area contributed by atoms with Crippen LogP contribution in [0.15, 0.2) is 30.4 Å². The maximum Gasteiger partial charge on any atom is 0.224 e. The Morgan fingerprint density at radius 1 is 1.38 bits per heavy atom. The summed E-state index contributed by atoms with van der Waals surface area (Å²) in [5.41, 5.74) is 0.810. The molecule has 0 spiro atoms. The lowest BCUT2D eigenvalue weighted by molar-refractivity contribution is -0.121. The third-order valence-electron chi connectivity index (χ3n) is 4.43. The van der Waals surface area contributed by atoms with E-state index in [2.05, 4.69) is 11.4 Å². The van der Waals surface area contributed by atoms with E-state index in [4.69, 9.17) is 4.74 Å². The van der Waals surface area contributed by atoms with E-state index in [1.54, 1.807) is 12.1 Å². The van der Waals surface area contributed by atoms with E-state index in [-0.39, 0.29) is 30.8 Å². The van der Waals surface area contributed by atoms with Gasteiger partial charge in [0.25, 0.3) is 0 Å². The number of benzene rings is 1. The fourth-order valence-electron chi connectivity index (χ4n) is 3.10. The molecular formula is C19H26FNO3. The Morgan fingerprint density at radius 3 is 2.79 bits per heavy atom. The van der Waals surface area contributed by atoms with Crippen LogP contribution in [0.25, 0.3) is 0 Å². The number of hydrogen-bond donors (Lipinski definition) is 2. The smallest absolute Gasteiger partial charge is 0.224 e. The summed E-state index contributed by atoms with van der Waals surface area (Å²) >= 11 is 0. The van der Waals surface area contributed by atoms with Gasteiger partial charge in [-0.1, -0.05) is 18.2 Å². The first-order valence-electron chi connectivity index (χ1n) is 8.50. The molecule has 24 heavy (non-hydrogen) atoms. The van der Waals surface area contributed by atoms with Gasteiger partial charge in [0, 0.05) is 6.04 Å². The van der Waals surface area contributed by atoms with E-state index in [9.17, 15) is 14.3 Å². The Hall–Kier alpha value is -2.04. The first-order chi connectivity index (χ1) is 11.6. The van der Waals surface area contributed by atoms with Gasteiger partial charge in [0.15, 0.2) is 11.5 Å². The largest absolute Gasteiger partial charge is 0.504 e. The van der Waals surface area contributed by atoms with Crippen LogP contribution in [-0.4, -0.2) is 30.8 Å². The molecule has 1 saturated carbocycles. The number of carbonyl (C=O) groups is 1. The molecule has 1 amide bonds. The van der Waals surface area contributed by atoms with Gasteiger partial charge in [-0.15, -0.1) is 0 Å². The number of alkyl halides is 1. The van der Waals surface area contributed by atoms with Crippen LogP contribution in [0.1, 0.15) is 37.7 Å². The number of aromatic hydroxyl groups is 1. The summed E-state index contributed by atoms with van der Waals surface area (Å²) in [4.78, 5) is 12.2. The number of halogens is 1. The first kappa shape index (κ1) is 18.3. The summed E-state index contributed by atoms with van der Waals surface area (Å²) in [6.07, 6.45) is 8.76. The van der Waals surface area contributed by atoms with Crippen LogP contribution in [0.5, 0.6) is 11.5 Å². The van der Waals surface area contributed by atoms with Crippen LogP contribution < -0.4 is 10.1 Å². The molecule has 1 aliphatic rings. The highest BCUT2D eigenvalue weighted by atomic mass is 19.1. The monoisotopic (exact) mass is 335 g/mol. The molecule has 4 nitrogen and oxygen atoms in total. The molecule has 1 aromatic rings. The molecule has 132 valence electrons. The van der Waals surface area contributed by atoms with Crippen molar-refractivity contribution >= 4 is 5.91 Å². The number of allylic oxidation sites excluding steroid dienone is 2. The van der Waals surface area contributed by atoms with Crippen LogP contribution in [0.2, 0.25) is 0 Å². The molecule has 0 aromatic heterocycles. The molecular weight excluding hydrogens is 309 g/mol. The topological polar surface area (TPSA) is 58.6 Å². The van der Waals surface area contributed by atoms with Gasteiger partial charge in [-0.2, -0.15) is 0 Å². The number of rotatable bonds is 7. The SMILES string of the molecule is COc1cc(CC(=O)N[C@H]2CC[C@H](/C=C/CCF)CC2)ccc1O. The summed E-state index contributed by atoms with van der Waals surface area (Å²) in [5.74, 6) is 0.937. The van der Waals surface area contributed by atoms with Crippen molar-refractivity contribution in [3.05, 3.63) is 35.9 Å². The average molecular weight is 335 g/mol. The summed E-state index contributed by atoms with van der Waals surface area (Å²) in [6, 6.07) is 5.16. The quantitative estimate of drug-likeness (QED) is 0.750. The van der Waals surface area contributed by atoms with E-state index in [0.717, 1.165) is 31.2 Å². The highest BCUT2D eigenvalue weighted by molar-refractivity contribution is 5.79. The molecule has 2 N–H and O–H groups in total. The van der Waals surface area contributed by atoms with Gasteiger partial charge in [-0.25, -0.2) is 0 Å². The number of hydrogen-bond acceptors (Lipinski definition) is 3. The van der Waals surface area contributed by atoms with Crippen molar-refractivity contribution in [1.29, 1.82) is 0 Å². The number of phenolic OH excluding ortho intramolecular Hbond substituents is 1. The van der Waals surface area contributed by atoms with Crippen molar-refractivity contribution in [2.45, 2.75) is 44.6 Å². The first-order valence-corrected chi connectivity index (χ1v) is 8.50. The second-order valence-corrected chi connectivity index (χ2v) is 6.27. The van der Waals surface area contributed by atoms with E-state index >= 15 is 0 Å². The fraction of sp³-hybridized carbons (Fsp3) is 0.526. The minimum absolute atomic E-state index is 0.0147. The fourth-order valence-corrected chi connectivity index (χ4v) is 3.10. The number of carbonyl (C=O) groups excluding carboxylic acids is 1. The summed E-state index contributed by atoms with van der Waals surface area (Å²) in [5, 5.41) is 12.7. The zero-order chi connectivity index (χ0) is 17.4. The molecule has 0 radical (unpaired) electrons. The number of phenols is 1. The van der Waals surface area contributed by atoms with Gasteiger partial charge < -0.3 is 15.2 Å². The van der Waals surface area contributed by atoms with Gasteiger partial charge in [0.1, 0.15) is 0 Å². The maximum absolute atomic E-state index is 12.2. The minimum Gasteiger partial charge on any atom is -0.504 e.